The fourth-order valence-corrected chi connectivity index (χ4v) is 3.20. The zero-order chi connectivity index (χ0) is 15.4. The molecule has 0 saturated heterocycles. The summed E-state index contributed by atoms with van der Waals surface area (Å²) < 4.78 is 14.1. The first-order valence-electron chi connectivity index (χ1n) is 7.68. The number of primary amides is 1. The molecule has 0 radical (unpaired) electrons. The van der Waals surface area contributed by atoms with Gasteiger partial charge in [-0.05, 0) is 37.3 Å². The lowest BCUT2D eigenvalue weighted by Crippen LogP contribution is -2.30. The van der Waals surface area contributed by atoms with Gasteiger partial charge in [-0.25, -0.2) is 4.39 Å². The summed E-state index contributed by atoms with van der Waals surface area (Å²) in [5, 5.41) is 3.25. The van der Waals surface area contributed by atoms with Crippen LogP contribution in [0, 0.1) is 11.7 Å². The highest BCUT2D eigenvalue weighted by molar-refractivity contribution is 5.99. The lowest BCUT2D eigenvalue weighted by atomic mass is 9.83. The van der Waals surface area contributed by atoms with Crippen LogP contribution in [-0.4, -0.2) is 11.9 Å². The van der Waals surface area contributed by atoms with E-state index in [2.05, 4.69) is 12.2 Å². The molecule has 1 fully saturated rings. The molecule has 0 aliphatic heterocycles. The van der Waals surface area contributed by atoms with Gasteiger partial charge in [0.05, 0.1) is 11.3 Å². The van der Waals surface area contributed by atoms with E-state index in [1.165, 1.54) is 38.2 Å². The van der Waals surface area contributed by atoms with Gasteiger partial charge in [-0.15, -0.1) is 0 Å². The molecule has 1 amide bonds. The molecular formula is C16H24FN3O. The topological polar surface area (TPSA) is 81.1 Å². The third-order valence-electron chi connectivity index (χ3n) is 4.40. The molecule has 0 spiro atoms. The second-order valence-corrected chi connectivity index (χ2v) is 5.84. The summed E-state index contributed by atoms with van der Waals surface area (Å²) in [5.41, 5.74) is 11.5. The summed E-state index contributed by atoms with van der Waals surface area (Å²) in [6, 6.07) is 2.80. The molecule has 1 saturated carbocycles. The summed E-state index contributed by atoms with van der Waals surface area (Å²) in [7, 11) is 0. The van der Waals surface area contributed by atoms with Crippen molar-refractivity contribution < 1.29 is 9.18 Å². The zero-order valence-electron chi connectivity index (χ0n) is 12.5. The van der Waals surface area contributed by atoms with E-state index in [1.807, 2.05) is 0 Å². The predicted molar refractivity (Wildman–Crippen MR) is 83.6 cm³/mol. The van der Waals surface area contributed by atoms with Crippen LogP contribution in [0.25, 0.3) is 0 Å². The highest BCUT2D eigenvalue weighted by atomic mass is 19.1. The van der Waals surface area contributed by atoms with Gasteiger partial charge in [0.1, 0.15) is 5.82 Å². The van der Waals surface area contributed by atoms with Crippen molar-refractivity contribution in [3.05, 3.63) is 23.5 Å². The van der Waals surface area contributed by atoms with E-state index >= 15 is 0 Å². The van der Waals surface area contributed by atoms with Crippen LogP contribution in [0.3, 0.4) is 0 Å². The van der Waals surface area contributed by atoms with Crippen LogP contribution >= 0.6 is 0 Å². The number of rotatable bonds is 5. The van der Waals surface area contributed by atoms with E-state index in [4.69, 9.17) is 11.5 Å². The number of hydrogen-bond donors (Lipinski definition) is 3. The molecule has 5 N–H and O–H groups in total. The van der Waals surface area contributed by atoms with Crippen molar-refractivity contribution in [2.24, 2.45) is 11.7 Å². The largest absolute Gasteiger partial charge is 0.398 e. The average Bonchev–Trinajstić information content (AvgIpc) is 2.47. The second kappa shape index (κ2) is 6.78. The molecule has 1 aliphatic rings. The Bertz CT molecular complexity index is 512. The minimum Gasteiger partial charge on any atom is -0.398 e. The maximum atomic E-state index is 14.1. The zero-order valence-corrected chi connectivity index (χ0v) is 12.5. The molecule has 116 valence electrons. The number of carbonyl (C=O) groups excluding carboxylic acids is 1. The molecule has 2 rings (SSSR count). The number of benzene rings is 1. The van der Waals surface area contributed by atoms with Gasteiger partial charge in [-0.3, -0.25) is 4.79 Å². The standard InChI is InChI=1S/C16H24FN3O/c1-2-14(10-6-4-3-5-7-10)20-15-8-11(16(19)21)13(18)9-12(15)17/h8-10,14,20H,2-7,18H2,1H3,(H2,19,21). The minimum atomic E-state index is -0.638. The number of carbonyl (C=O) groups is 1. The smallest absolute Gasteiger partial charge is 0.250 e. The lowest BCUT2D eigenvalue weighted by Gasteiger charge is -2.31. The molecule has 1 unspecified atom stereocenters. The summed E-state index contributed by atoms with van der Waals surface area (Å²) in [6.07, 6.45) is 7.02. The van der Waals surface area contributed by atoms with Crippen molar-refractivity contribution >= 4 is 17.3 Å². The maximum Gasteiger partial charge on any atom is 0.250 e. The predicted octanol–water partition coefficient (Wildman–Crippen LogP) is 3.28. The van der Waals surface area contributed by atoms with E-state index in [9.17, 15) is 9.18 Å². The highest BCUT2D eigenvalue weighted by Gasteiger charge is 2.23. The fourth-order valence-electron chi connectivity index (χ4n) is 3.20. The fraction of sp³-hybridized carbons (Fsp3) is 0.562. The Morgan fingerprint density at radius 3 is 2.62 bits per heavy atom. The second-order valence-electron chi connectivity index (χ2n) is 5.84. The molecule has 4 nitrogen and oxygen atoms in total. The van der Waals surface area contributed by atoms with Crippen LogP contribution in [0.5, 0.6) is 0 Å². The summed E-state index contributed by atoms with van der Waals surface area (Å²) in [6.45, 7) is 2.09. The molecule has 1 aliphatic carbocycles. The average molecular weight is 293 g/mol. The first-order valence-corrected chi connectivity index (χ1v) is 7.68. The van der Waals surface area contributed by atoms with E-state index in [1.54, 1.807) is 0 Å². The minimum absolute atomic E-state index is 0.0799. The number of nitrogens with two attached hydrogens (primary N) is 2. The molecule has 5 heteroatoms. The van der Waals surface area contributed by atoms with Gasteiger partial charge < -0.3 is 16.8 Å². The van der Waals surface area contributed by atoms with Gasteiger partial charge >= 0.3 is 0 Å². The number of hydrogen-bond acceptors (Lipinski definition) is 3. The Labute approximate surface area is 125 Å². The first-order chi connectivity index (χ1) is 10.0. The Kier molecular flexibility index (Phi) is 5.04. The Hall–Kier alpha value is -1.78. The molecule has 0 heterocycles. The third kappa shape index (κ3) is 3.65. The van der Waals surface area contributed by atoms with Crippen LogP contribution in [-0.2, 0) is 0 Å². The molecule has 1 aromatic carbocycles. The van der Waals surface area contributed by atoms with Gasteiger partial charge in [0.25, 0.3) is 5.91 Å². The Morgan fingerprint density at radius 1 is 1.38 bits per heavy atom. The summed E-state index contributed by atoms with van der Waals surface area (Å²) in [5.74, 6) is -0.522. The number of amides is 1. The van der Waals surface area contributed by atoms with Crippen molar-refractivity contribution in [1.29, 1.82) is 0 Å². The molecular weight excluding hydrogens is 269 g/mol. The van der Waals surface area contributed by atoms with E-state index in [0.717, 1.165) is 12.5 Å². The van der Waals surface area contributed by atoms with Crippen molar-refractivity contribution in [3.8, 4) is 0 Å². The lowest BCUT2D eigenvalue weighted by molar-refractivity contribution is 0.100. The van der Waals surface area contributed by atoms with Gasteiger partial charge in [0, 0.05) is 11.7 Å². The van der Waals surface area contributed by atoms with E-state index in [0.29, 0.717) is 11.6 Å². The number of nitrogens with one attached hydrogen (secondary N) is 1. The summed E-state index contributed by atoms with van der Waals surface area (Å²) >= 11 is 0. The first kappa shape index (κ1) is 15.6. The SMILES string of the molecule is CCC(Nc1cc(C(N)=O)c(N)cc1F)C1CCCCC1. The summed E-state index contributed by atoms with van der Waals surface area (Å²) in [4.78, 5) is 11.3. The van der Waals surface area contributed by atoms with Crippen LogP contribution in [0.15, 0.2) is 12.1 Å². The van der Waals surface area contributed by atoms with Gasteiger partial charge in [0.15, 0.2) is 0 Å². The number of anilines is 2. The maximum absolute atomic E-state index is 14.1. The van der Waals surface area contributed by atoms with E-state index in [-0.39, 0.29) is 17.3 Å². The molecule has 21 heavy (non-hydrogen) atoms. The van der Waals surface area contributed by atoms with Crippen LogP contribution in [0.2, 0.25) is 0 Å². The van der Waals surface area contributed by atoms with E-state index < -0.39 is 11.7 Å². The molecule has 0 bridgehead atoms. The third-order valence-corrected chi connectivity index (χ3v) is 4.40. The van der Waals surface area contributed by atoms with Crippen LogP contribution < -0.4 is 16.8 Å². The Morgan fingerprint density at radius 2 is 2.05 bits per heavy atom. The van der Waals surface area contributed by atoms with Crippen molar-refractivity contribution in [3.63, 3.8) is 0 Å². The molecule has 1 aromatic rings. The monoisotopic (exact) mass is 293 g/mol. The quantitative estimate of drug-likeness (QED) is 0.729. The highest BCUT2D eigenvalue weighted by Crippen LogP contribution is 2.31. The molecule has 0 aromatic heterocycles. The van der Waals surface area contributed by atoms with Gasteiger partial charge in [0.2, 0.25) is 0 Å². The van der Waals surface area contributed by atoms with Crippen LogP contribution in [0.4, 0.5) is 15.8 Å². The van der Waals surface area contributed by atoms with Crippen molar-refractivity contribution in [2.45, 2.75) is 51.5 Å². The van der Waals surface area contributed by atoms with Crippen LogP contribution in [0.1, 0.15) is 55.8 Å². The number of halogens is 1. The molecule has 1 atom stereocenters. The van der Waals surface area contributed by atoms with Crippen molar-refractivity contribution in [2.75, 3.05) is 11.1 Å². The normalized spacial score (nSPS) is 17.4. The Balaban J connectivity index is 2.20. The van der Waals surface area contributed by atoms with Gasteiger partial charge in [-0.1, -0.05) is 26.2 Å². The van der Waals surface area contributed by atoms with Crippen molar-refractivity contribution in [1.82, 2.24) is 0 Å². The van der Waals surface area contributed by atoms with Gasteiger partial charge in [-0.2, -0.15) is 0 Å². The number of nitrogen functional groups attached to an aromatic ring is 1.